The van der Waals surface area contributed by atoms with E-state index in [0.717, 1.165) is 18.2 Å². The predicted octanol–water partition coefficient (Wildman–Crippen LogP) is 2.98. The summed E-state index contributed by atoms with van der Waals surface area (Å²) in [5.41, 5.74) is 4.42. The van der Waals surface area contributed by atoms with Crippen molar-refractivity contribution < 1.29 is 18.0 Å². The Hall–Kier alpha value is -2.35. The van der Waals surface area contributed by atoms with E-state index < -0.39 is 17.6 Å². The molecule has 0 fully saturated rings. The molecule has 2 aromatic rings. The number of nitrogens with two attached hydrogens (primary N) is 1. The number of carbonyl (C=O) groups excluding carboxylic acids is 1. The van der Waals surface area contributed by atoms with Gasteiger partial charge in [-0.15, -0.1) is 10.2 Å². The number of nitrogen functional groups attached to an aromatic ring is 1. The van der Waals surface area contributed by atoms with E-state index in [9.17, 15) is 18.0 Å². The van der Waals surface area contributed by atoms with Gasteiger partial charge in [0.1, 0.15) is 5.82 Å². The van der Waals surface area contributed by atoms with Gasteiger partial charge in [-0.2, -0.15) is 13.2 Å². The Morgan fingerprint density at radius 2 is 1.90 bits per heavy atom. The minimum atomic E-state index is -4.51. The number of nitrogens with one attached hydrogen (secondary N) is 1. The summed E-state index contributed by atoms with van der Waals surface area (Å²) in [6, 6.07) is 5.31. The lowest BCUT2D eigenvalue weighted by atomic mass is 10.2. The lowest BCUT2D eigenvalue weighted by Crippen LogP contribution is -2.15. The van der Waals surface area contributed by atoms with E-state index in [2.05, 4.69) is 15.5 Å². The van der Waals surface area contributed by atoms with Crippen molar-refractivity contribution in [1.29, 1.82) is 0 Å². The van der Waals surface area contributed by atoms with E-state index in [4.69, 9.17) is 17.3 Å². The highest BCUT2D eigenvalue weighted by atomic mass is 35.5. The molecule has 0 aliphatic rings. The zero-order valence-electron chi connectivity index (χ0n) is 10.3. The number of rotatable bonds is 2. The number of hydrogen-bond acceptors (Lipinski definition) is 4. The Balaban J connectivity index is 2.20. The smallest absolute Gasteiger partial charge is 0.382 e. The maximum absolute atomic E-state index is 12.5. The Bertz CT molecular complexity index is 673. The number of alkyl halides is 3. The molecule has 0 aliphatic heterocycles. The average molecular weight is 317 g/mol. The number of halogens is 4. The molecule has 21 heavy (non-hydrogen) atoms. The first-order chi connectivity index (χ1) is 9.77. The zero-order valence-corrected chi connectivity index (χ0v) is 11.0. The van der Waals surface area contributed by atoms with Gasteiger partial charge in [0.2, 0.25) is 0 Å². The van der Waals surface area contributed by atoms with E-state index >= 15 is 0 Å². The number of nitrogens with zero attached hydrogens (tertiary/aromatic N) is 2. The zero-order chi connectivity index (χ0) is 15.6. The minimum absolute atomic E-state index is 0.0355. The quantitative estimate of drug-likeness (QED) is 0.892. The highest BCUT2D eigenvalue weighted by Gasteiger charge is 2.31. The number of carbonyl (C=O) groups is 1. The summed E-state index contributed by atoms with van der Waals surface area (Å²) < 4.78 is 37.5. The fourth-order valence-corrected chi connectivity index (χ4v) is 1.67. The van der Waals surface area contributed by atoms with Crippen molar-refractivity contribution in [3.63, 3.8) is 0 Å². The van der Waals surface area contributed by atoms with E-state index in [1.54, 1.807) is 0 Å². The standard InChI is InChI=1S/C12H8ClF3N4O/c13-7-5-6(12(14,15)16)1-2-8(7)18-11(21)9-3-4-10(17)20-19-9/h1-5H,(H2,17,20)(H,18,21). The molecule has 0 saturated heterocycles. The van der Waals surface area contributed by atoms with Gasteiger partial charge < -0.3 is 11.1 Å². The van der Waals surface area contributed by atoms with Crippen LogP contribution in [0.3, 0.4) is 0 Å². The van der Waals surface area contributed by atoms with Crippen LogP contribution in [0.15, 0.2) is 30.3 Å². The molecule has 1 heterocycles. The van der Waals surface area contributed by atoms with E-state index in [0.29, 0.717) is 0 Å². The normalized spacial score (nSPS) is 11.2. The maximum Gasteiger partial charge on any atom is 0.416 e. The summed E-state index contributed by atoms with van der Waals surface area (Å²) in [6.45, 7) is 0. The van der Waals surface area contributed by atoms with Gasteiger partial charge in [-0.1, -0.05) is 11.6 Å². The molecule has 2 rings (SSSR count). The van der Waals surface area contributed by atoms with Crippen molar-refractivity contribution in [2.24, 2.45) is 0 Å². The van der Waals surface area contributed by atoms with Crippen LogP contribution in [0.5, 0.6) is 0 Å². The summed E-state index contributed by atoms with van der Waals surface area (Å²) in [5.74, 6) is -0.525. The molecule has 0 saturated carbocycles. The van der Waals surface area contributed by atoms with Crippen molar-refractivity contribution in [2.45, 2.75) is 6.18 Å². The Morgan fingerprint density at radius 1 is 1.19 bits per heavy atom. The SMILES string of the molecule is Nc1ccc(C(=O)Nc2ccc(C(F)(F)F)cc2Cl)nn1. The van der Waals surface area contributed by atoms with Crippen molar-refractivity contribution in [3.05, 3.63) is 46.6 Å². The van der Waals surface area contributed by atoms with Gasteiger partial charge >= 0.3 is 6.18 Å². The van der Waals surface area contributed by atoms with E-state index in [1.165, 1.54) is 12.1 Å². The van der Waals surface area contributed by atoms with Crippen molar-refractivity contribution in [2.75, 3.05) is 11.1 Å². The molecule has 0 radical (unpaired) electrons. The molecule has 0 spiro atoms. The topological polar surface area (TPSA) is 80.9 Å². The largest absolute Gasteiger partial charge is 0.416 e. The fourth-order valence-electron chi connectivity index (χ4n) is 1.44. The van der Waals surface area contributed by atoms with Crippen molar-refractivity contribution >= 4 is 29.0 Å². The van der Waals surface area contributed by atoms with Crippen LogP contribution in [-0.4, -0.2) is 16.1 Å². The van der Waals surface area contributed by atoms with Gasteiger partial charge in [0.25, 0.3) is 5.91 Å². The average Bonchev–Trinajstić information content (AvgIpc) is 2.40. The molecule has 0 aliphatic carbocycles. The molecule has 1 amide bonds. The van der Waals surface area contributed by atoms with Gasteiger partial charge in [0.05, 0.1) is 16.3 Å². The number of anilines is 2. The van der Waals surface area contributed by atoms with Gasteiger partial charge in [-0.3, -0.25) is 4.79 Å². The molecular weight excluding hydrogens is 309 g/mol. The number of aromatic nitrogens is 2. The lowest BCUT2D eigenvalue weighted by molar-refractivity contribution is -0.137. The third-order valence-corrected chi connectivity index (χ3v) is 2.78. The Morgan fingerprint density at radius 3 is 2.43 bits per heavy atom. The number of benzene rings is 1. The molecule has 0 unspecified atom stereocenters. The van der Waals surface area contributed by atoms with Gasteiger partial charge in [-0.05, 0) is 30.3 Å². The first-order valence-corrected chi connectivity index (χ1v) is 5.92. The second-order valence-electron chi connectivity index (χ2n) is 3.99. The minimum Gasteiger partial charge on any atom is -0.382 e. The Kier molecular flexibility index (Phi) is 3.99. The number of hydrogen-bond donors (Lipinski definition) is 2. The van der Waals surface area contributed by atoms with Crippen molar-refractivity contribution in [3.8, 4) is 0 Å². The third kappa shape index (κ3) is 3.60. The lowest BCUT2D eigenvalue weighted by Gasteiger charge is -2.10. The van der Waals surface area contributed by atoms with Crippen LogP contribution in [0, 0.1) is 0 Å². The highest BCUT2D eigenvalue weighted by molar-refractivity contribution is 6.34. The summed E-state index contributed by atoms with van der Waals surface area (Å²) in [4.78, 5) is 11.8. The molecule has 1 aromatic heterocycles. The van der Waals surface area contributed by atoms with Crippen LogP contribution in [0.4, 0.5) is 24.7 Å². The first-order valence-electron chi connectivity index (χ1n) is 5.54. The van der Waals surface area contributed by atoms with E-state index in [-0.39, 0.29) is 22.2 Å². The fraction of sp³-hybridized carbons (Fsp3) is 0.0833. The predicted molar refractivity (Wildman–Crippen MR) is 70.9 cm³/mol. The number of amides is 1. The van der Waals surface area contributed by atoms with Crippen LogP contribution >= 0.6 is 11.6 Å². The summed E-state index contributed by atoms with van der Waals surface area (Å²) >= 11 is 5.72. The van der Waals surface area contributed by atoms with Crippen LogP contribution in [0.1, 0.15) is 16.1 Å². The molecule has 0 bridgehead atoms. The van der Waals surface area contributed by atoms with Crippen LogP contribution in [0.2, 0.25) is 5.02 Å². The molecular formula is C12H8ClF3N4O. The molecule has 110 valence electrons. The highest BCUT2D eigenvalue weighted by Crippen LogP contribution is 2.33. The third-order valence-electron chi connectivity index (χ3n) is 2.46. The summed E-state index contributed by atoms with van der Waals surface area (Å²) in [7, 11) is 0. The molecule has 1 aromatic carbocycles. The molecule has 3 N–H and O–H groups in total. The van der Waals surface area contributed by atoms with Gasteiger partial charge in [0, 0.05) is 0 Å². The van der Waals surface area contributed by atoms with Crippen LogP contribution < -0.4 is 11.1 Å². The van der Waals surface area contributed by atoms with Crippen molar-refractivity contribution in [1.82, 2.24) is 10.2 Å². The molecule has 5 nitrogen and oxygen atoms in total. The van der Waals surface area contributed by atoms with E-state index in [1.807, 2.05) is 0 Å². The van der Waals surface area contributed by atoms with Gasteiger partial charge in [0.15, 0.2) is 5.69 Å². The monoisotopic (exact) mass is 316 g/mol. The van der Waals surface area contributed by atoms with Crippen LogP contribution in [0.25, 0.3) is 0 Å². The second kappa shape index (κ2) is 5.57. The Labute approximate surface area is 121 Å². The first kappa shape index (κ1) is 15.0. The van der Waals surface area contributed by atoms with Crippen LogP contribution in [-0.2, 0) is 6.18 Å². The summed E-state index contributed by atoms with van der Waals surface area (Å²) in [6.07, 6.45) is -4.51. The molecule has 9 heteroatoms. The molecule has 0 atom stereocenters. The maximum atomic E-state index is 12.5. The second-order valence-corrected chi connectivity index (χ2v) is 4.40. The summed E-state index contributed by atoms with van der Waals surface area (Å²) in [5, 5.41) is 9.15. The van der Waals surface area contributed by atoms with Gasteiger partial charge in [-0.25, -0.2) is 0 Å².